The van der Waals surface area contributed by atoms with Crippen LogP contribution in [0.2, 0.25) is 0 Å². The molecule has 5 heteroatoms. The van der Waals surface area contributed by atoms with Crippen LogP contribution < -0.4 is 10.6 Å². The van der Waals surface area contributed by atoms with Gasteiger partial charge in [-0.1, -0.05) is 25.5 Å². The van der Waals surface area contributed by atoms with Crippen molar-refractivity contribution >= 4 is 11.8 Å². The molecule has 0 saturated carbocycles. The standard InChI is InChI=1S/C15H21FN2O2/c1-2-3-10-17-14(19)8-9-15(20)18-11-12-4-6-13(16)7-5-12/h4-7H,2-3,8-11H2,1H3,(H,17,19)(H,18,20). The lowest BCUT2D eigenvalue weighted by molar-refractivity contribution is -0.126. The van der Waals surface area contributed by atoms with Gasteiger partial charge in [-0.2, -0.15) is 0 Å². The van der Waals surface area contributed by atoms with E-state index in [1.165, 1.54) is 12.1 Å². The molecule has 0 radical (unpaired) electrons. The lowest BCUT2D eigenvalue weighted by Crippen LogP contribution is -2.28. The zero-order valence-corrected chi connectivity index (χ0v) is 11.7. The van der Waals surface area contributed by atoms with Crippen molar-refractivity contribution in [3.05, 3.63) is 35.6 Å². The molecule has 0 bridgehead atoms. The van der Waals surface area contributed by atoms with Crippen LogP contribution in [-0.4, -0.2) is 18.4 Å². The van der Waals surface area contributed by atoms with Crippen LogP contribution in [0.3, 0.4) is 0 Å². The molecule has 1 aromatic carbocycles. The fraction of sp³-hybridized carbons (Fsp3) is 0.467. The van der Waals surface area contributed by atoms with E-state index in [0.29, 0.717) is 13.1 Å². The van der Waals surface area contributed by atoms with Gasteiger partial charge in [-0.15, -0.1) is 0 Å². The summed E-state index contributed by atoms with van der Waals surface area (Å²) in [6.07, 6.45) is 2.33. The molecular formula is C15H21FN2O2. The molecular weight excluding hydrogens is 259 g/mol. The Labute approximate surface area is 118 Å². The summed E-state index contributed by atoms with van der Waals surface area (Å²) < 4.78 is 12.7. The summed E-state index contributed by atoms with van der Waals surface area (Å²) in [5, 5.41) is 5.46. The molecule has 20 heavy (non-hydrogen) atoms. The summed E-state index contributed by atoms with van der Waals surface area (Å²) in [5.74, 6) is -0.584. The van der Waals surface area contributed by atoms with Gasteiger partial charge in [0.05, 0.1) is 0 Å². The SMILES string of the molecule is CCCCNC(=O)CCC(=O)NCc1ccc(F)cc1. The fourth-order valence-corrected chi connectivity index (χ4v) is 1.61. The zero-order valence-electron chi connectivity index (χ0n) is 11.7. The van der Waals surface area contributed by atoms with Crippen LogP contribution in [0.1, 0.15) is 38.2 Å². The third kappa shape index (κ3) is 6.87. The van der Waals surface area contributed by atoms with E-state index in [-0.39, 0.29) is 30.5 Å². The number of carbonyl (C=O) groups excluding carboxylic acids is 2. The molecule has 1 aromatic rings. The maximum Gasteiger partial charge on any atom is 0.220 e. The molecule has 0 unspecified atom stereocenters. The lowest BCUT2D eigenvalue weighted by atomic mass is 10.2. The summed E-state index contributed by atoms with van der Waals surface area (Å²) in [5.41, 5.74) is 0.826. The van der Waals surface area contributed by atoms with Crippen LogP contribution in [0.25, 0.3) is 0 Å². The van der Waals surface area contributed by atoms with Crippen molar-refractivity contribution in [1.29, 1.82) is 0 Å². The molecule has 0 spiro atoms. The van der Waals surface area contributed by atoms with E-state index < -0.39 is 0 Å². The van der Waals surface area contributed by atoms with E-state index in [1.807, 2.05) is 0 Å². The molecule has 0 saturated heterocycles. The predicted molar refractivity (Wildman–Crippen MR) is 75.4 cm³/mol. The smallest absolute Gasteiger partial charge is 0.220 e. The van der Waals surface area contributed by atoms with Crippen molar-refractivity contribution in [2.75, 3.05) is 6.54 Å². The highest BCUT2D eigenvalue weighted by molar-refractivity contribution is 5.83. The molecule has 2 N–H and O–H groups in total. The Kier molecular flexibility index (Phi) is 7.32. The van der Waals surface area contributed by atoms with Crippen LogP contribution >= 0.6 is 0 Å². The first kappa shape index (κ1) is 16.1. The Morgan fingerprint density at radius 3 is 2.25 bits per heavy atom. The second-order valence-electron chi connectivity index (χ2n) is 4.61. The van der Waals surface area contributed by atoms with Crippen LogP contribution in [0.4, 0.5) is 4.39 Å². The molecule has 1 rings (SSSR count). The van der Waals surface area contributed by atoms with Gasteiger partial charge < -0.3 is 10.6 Å². The third-order valence-corrected chi connectivity index (χ3v) is 2.83. The van der Waals surface area contributed by atoms with Gasteiger partial charge in [0.25, 0.3) is 0 Å². The maximum atomic E-state index is 12.7. The van der Waals surface area contributed by atoms with E-state index in [9.17, 15) is 14.0 Å². The van der Waals surface area contributed by atoms with Crippen molar-refractivity contribution < 1.29 is 14.0 Å². The van der Waals surface area contributed by atoms with Gasteiger partial charge in [0.2, 0.25) is 11.8 Å². The largest absolute Gasteiger partial charge is 0.356 e. The van der Waals surface area contributed by atoms with Crippen molar-refractivity contribution in [1.82, 2.24) is 10.6 Å². The molecule has 0 aliphatic rings. The van der Waals surface area contributed by atoms with Gasteiger partial charge >= 0.3 is 0 Å². The third-order valence-electron chi connectivity index (χ3n) is 2.83. The topological polar surface area (TPSA) is 58.2 Å². The van der Waals surface area contributed by atoms with Crippen molar-refractivity contribution in [3.63, 3.8) is 0 Å². The fourth-order valence-electron chi connectivity index (χ4n) is 1.61. The molecule has 2 amide bonds. The van der Waals surface area contributed by atoms with Crippen molar-refractivity contribution in [2.45, 2.75) is 39.2 Å². The van der Waals surface area contributed by atoms with Crippen LogP contribution in [0.15, 0.2) is 24.3 Å². The number of benzene rings is 1. The van der Waals surface area contributed by atoms with Gasteiger partial charge in [0, 0.05) is 25.9 Å². The molecule has 0 aromatic heterocycles. The number of amides is 2. The van der Waals surface area contributed by atoms with Gasteiger partial charge in [-0.25, -0.2) is 4.39 Å². The van der Waals surface area contributed by atoms with Gasteiger partial charge in [-0.3, -0.25) is 9.59 Å². The quantitative estimate of drug-likeness (QED) is 0.717. The first-order chi connectivity index (χ1) is 9.61. The highest BCUT2D eigenvalue weighted by atomic mass is 19.1. The molecule has 110 valence electrons. The number of carbonyl (C=O) groups is 2. The Morgan fingerprint density at radius 2 is 1.65 bits per heavy atom. The average molecular weight is 280 g/mol. The highest BCUT2D eigenvalue weighted by Crippen LogP contribution is 2.02. The minimum absolute atomic E-state index is 0.101. The number of nitrogens with one attached hydrogen (secondary N) is 2. The summed E-state index contributed by atoms with van der Waals surface area (Å²) >= 11 is 0. The van der Waals surface area contributed by atoms with Crippen LogP contribution in [0.5, 0.6) is 0 Å². The Bertz CT molecular complexity index is 432. The first-order valence-corrected chi connectivity index (χ1v) is 6.89. The second-order valence-corrected chi connectivity index (χ2v) is 4.61. The van der Waals surface area contributed by atoms with E-state index in [1.54, 1.807) is 12.1 Å². The number of rotatable bonds is 8. The summed E-state index contributed by atoms with van der Waals surface area (Å²) in [7, 11) is 0. The summed E-state index contributed by atoms with van der Waals surface area (Å²) in [4.78, 5) is 23.0. The van der Waals surface area contributed by atoms with E-state index >= 15 is 0 Å². The number of halogens is 1. The second kappa shape index (κ2) is 9.07. The van der Waals surface area contributed by atoms with Gasteiger partial charge in [0.15, 0.2) is 0 Å². The van der Waals surface area contributed by atoms with Crippen molar-refractivity contribution in [3.8, 4) is 0 Å². The molecule has 0 aliphatic heterocycles. The van der Waals surface area contributed by atoms with E-state index in [4.69, 9.17) is 0 Å². The number of hydrogen-bond donors (Lipinski definition) is 2. The lowest BCUT2D eigenvalue weighted by Gasteiger charge is -2.06. The number of hydrogen-bond acceptors (Lipinski definition) is 2. The van der Waals surface area contributed by atoms with E-state index in [2.05, 4.69) is 17.6 Å². The molecule has 0 aliphatic carbocycles. The van der Waals surface area contributed by atoms with Crippen molar-refractivity contribution in [2.24, 2.45) is 0 Å². The molecule has 0 atom stereocenters. The molecule has 0 fully saturated rings. The first-order valence-electron chi connectivity index (χ1n) is 6.89. The minimum atomic E-state index is -0.302. The average Bonchev–Trinajstić information content (AvgIpc) is 2.45. The number of unbranched alkanes of at least 4 members (excludes halogenated alkanes) is 1. The Morgan fingerprint density at radius 1 is 1.05 bits per heavy atom. The summed E-state index contributed by atoms with van der Waals surface area (Å²) in [6, 6.07) is 5.94. The van der Waals surface area contributed by atoms with Gasteiger partial charge in [0.1, 0.15) is 5.82 Å². The predicted octanol–water partition coefficient (Wildman–Crippen LogP) is 2.14. The monoisotopic (exact) mass is 280 g/mol. The maximum absolute atomic E-state index is 12.7. The zero-order chi connectivity index (χ0) is 14.8. The van der Waals surface area contributed by atoms with Gasteiger partial charge in [-0.05, 0) is 24.1 Å². The Hall–Kier alpha value is -1.91. The van der Waals surface area contributed by atoms with Crippen LogP contribution in [-0.2, 0) is 16.1 Å². The molecule has 0 heterocycles. The minimum Gasteiger partial charge on any atom is -0.356 e. The Balaban J connectivity index is 2.17. The van der Waals surface area contributed by atoms with E-state index in [0.717, 1.165) is 18.4 Å². The summed E-state index contributed by atoms with van der Waals surface area (Å²) in [6.45, 7) is 3.05. The normalized spacial score (nSPS) is 10.1. The highest BCUT2D eigenvalue weighted by Gasteiger charge is 2.06. The molecule has 4 nitrogen and oxygen atoms in total. The van der Waals surface area contributed by atoms with Crippen LogP contribution in [0, 0.1) is 5.82 Å².